The molecule has 2 aromatic carbocycles. The normalized spacial score (nSPS) is 11.1. The van der Waals surface area contributed by atoms with E-state index in [1.54, 1.807) is 42.2 Å². The van der Waals surface area contributed by atoms with Gasteiger partial charge in [0.25, 0.3) is 0 Å². The molecule has 6 nitrogen and oxygen atoms in total. The molecule has 0 saturated heterocycles. The largest absolute Gasteiger partial charge is 0.260 e. The first-order chi connectivity index (χ1) is 13.0. The standard InChI is InChI=1S/C19H17N3O3S2/c1-27(24,25)19-7-4-6-17(13-19)22(21-23)16-8-10-18(11-9-16)26-14-15-5-2-3-12-20-15/h2-13H,14H2,1H3. The topological polar surface area (TPSA) is 79.7 Å². The highest BCUT2D eigenvalue weighted by atomic mass is 32.2. The van der Waals surface area contributed by atoms with E-state index in [1.165, 1.54) is 17.1 Å². The summed E-state index contributed by atoms with van der Waals surface area (Å²) in [4.78, 5) is 16.8. The summed E-state index contributed by atoms with van der Waals surface area (Å²) < 4.78 is 23.5. The molecule has 0 unspecified atom stereocenters. The molecular weight excluding hydrogens is 382 g/mol. The fraction of sp³-hybridized carbons (Fsp3) is 0.105. The molecule has 138 valence electrons. The zero-order valence-corrected chi connectivity index (χ0v) is 16.2. The lowest BCUT2D eigenvalue weighted by Crippen LogP contribution is -2.08. The van der Waals surface area contributed by atoms with Gasteiger partial charge in [-0.2, -0.15) is 5.01 Å². The minimum absolute atomic E-state index is 0.135. The third-order valence-corrected chi connectivity index (χ3v) is 5.92. The van der Waals surface area contributed by atoms with E-state index in [-0.39, 0.29) is 4.90 Å². The lowest BCUT2D eigenvalue weighted by Gasteiger charge is -2.16. The van der Waals surface area contributed by atoms with E-state index in [9.17, 15) is 13.3 Å². The number of nitrogens with zero attached hydrogens (tertiary/aromatic N) is 3. The Labute approximate surface area is 162 Å². The molecule has 0 amide bonds. The monoisotopic (exact) mass is 399 g/mol. The van der Waals surface area contributed by atoms with Crippen LogP contribution in [0.1, 0.15) is 5.69 Å². The Morgan fingerprint density at radius 1 is 1.00 bits per heavy atom. The van der Waals surface area contributed by atoms with Crippen molar-refractivity contribution < 1.29 is 8.42 Å². The van der Waals surface area contributed by atoms with Gasteiger partial charge in [0, 0.05) is 23.1 Å². The van der Waals surface area contributed by atoms with Crippen LogP contribution in [-0.2, 0) is 15.6 Å². The lowest BCUT2D eigenvalue weighted by molar-refractivity contribution is 0.602. The molecule has 0 bridgehead atoms. The smallest absolute Gasteiger partial charge is 0.175 e. The van der Waals surface area contributed by atoms with Gasteiger partial charge in [-0.15, -0.1) is 16.7 Å². The van der Waals surface area contributed by atoms with E-state index in [0.717, 1.165) is 22.6 Å². The van der Waals surface area contributed by atoms with E-state index in [1.807, 2.05) is 30.3 Å². The Morgan fingerprint density at radius 2 is 1.78 bits per heavy atom. The Balaban J connectivity index is 1.77. The van der Waals surface area contributed by atoms with E-state index < -0.39 is 9.84 Å². The van der Waals surface area contributed by atoms with Crippen molar-refractivity contribution in [3.63, 3.8) is 0 Å². The summed E-state index contributed by atoms with van der Waals surface area (Å²) in [5.74, 6) is 0.742. The SMILES string of the molecule is CS(=O)(=O)c1cccc(N(N=O)c2ccc(SCc3ccccn3)cc2)c1. The Morgan fingerprint density at radius 3 is 2.41 bits per heavy atom. The maximum atomic E-state index is 11.7. The van der Waals surface area contributed by atoms with E-state index in [0.29, 0.717) is 11.4 Å². The average molecular weight is 399 g/mol. The van der Waals surface area contributed by atoms with Gasteiger partial charge in [-0.1, -0.05) is 12.1 Å². The summed E-state index contributed by atoms with van der Waals surface area (Å²) >= 11 is 1.63. The first-order valence-corrected chi connectivity index (χ1v) is 10.9. The number of hydrogen-bond donors (Lipinski definition) is 0. The second-order valence-electron chi connectivity index (χ2n) is 5.77. The van der Waals surface area contributed by atoms with Crippen LogP contribution in [0, 0.1) is 4.91 Å². The van der Waals surface area contributed by atoms with Crippen LogP contribution in [0.15, 0.2) is 88.0 Å². The van der Waals surface area contributed by atoms with Crippen LogP contribution in [0.25, 0.3) is 0 Å². The fourth-order valence-electron chi connectivity index (χ4n) is 2.41. The number of benzene rings is 2. The number of nitroso groups, excluding NO2 is 1. The fourth-order valence-corrected chi connectivity index (χ4v) is 3.89. The third kappa shape index (κ3) is 4.93. The zero-order chi connectivity index (χ0) is 19.3. The van der Waals surface area contributed by atoms with Crippen molar-refractivity contribution in [2.75, 3.05) is 11.3 Å². The number of pyridine rings is 1. The van der Waals surface area contributed by atoms with Crippen LogP contribution < -0.4 is 5.01 Å². The van der Waals surface area contributed by atoms with Crippen molar-refractivity contribution in [2.45, 2.75) is 15.5 Å². The zero-order valence-electron chi connectivity index (χ0n) is 14.5. The molecule has 0 saturated carbocycles. The number of hydrogen-bond acceptors (Lipinski definition) is 6. The molecule has 0 atom stereocenters. The summed E-state index contributed by atoms with van der Waals surface area (Å²) in [6.45, 7) is 0. The van der Waals surface area contributed by atoms with E-state index in [4.69, 9.17) is 0 Å². The van der Waals surface area contributed by atoms with E-state index >= 15 is 0 Å². The summed E-state index contributed by atoms with van der Waals surface area (Å²) in [7, 11) is -3.37. The molecule has 0 radical (unpaired) electrons. The van der Waals surface area contributed by atoms with Gasteiger partial charge in [0.1, 0.15) is 0 Å². The second-order valence-corrected chi connectivity index (χ2v) is 8.83. The molecule has 1 heterocycles. The third-order valence-electron chi connectivity index (χ3n) is 3.77. The molecule has 0 fully saturated rings. The second kappa shape index (κ2) is 8.32. The highest BCUT2D eigenvalue weighted by Crippen LogP contribution is 2.30. The highest BCUT2D eigenvalue weighted by Gasteiger charge is 2.14. The van der Waals surface area contributed by atoms with E-state index in [2.05, 4.69) is 10.3 Å². The van der Waals surface area contributed by atoms with Crippen molar-refractivity contribution in [1.29, 1.82) is 0 Å². The van der Waals surface area contributed by atoms with Gasteiger partial charge in [-0.05, 0) is 54.6 Å². The predicted octanol–water partition coefficient (Wildman–Crippen LogP) is 4.60. The molecular formula is C19H17N3O3S2. The first kappa shape index (κ1) is 19.1. The van der Waals surface area contributed by atoms with Gasteiger partial charge in [-0.3, -0.25) is 4.98 Å². The molecule has 8 heteroatoms. The quantitative estimate of drug-likeness (QED) is 0.328. The van der Waals surface area contributed by atoms with Gasteiger partial charge in [0.15, 0.2) is 9.84 Å². The van der Waals surface area contributed by atoms with Crippen molar-refractivity contribution in [3.05, 3.63) is 83.5 Å². The molecule has 3 rings (SSSR count). The van der Waals surface area contributed by atoms with Crippen LogP contribution in [-0.4, -0.2) is 19.7 Å². The van der Waals surface area contributed by atoms with Gasteiger partial charge in [-0.25, -0.2) is 8.42 Å². The average Bonchev–Trinajstić information content (AvgIpc) is 2.68. The number of thioether (sulfide) groups is 1. The summed E-state index contributed by atoms with van der Waals surface area (Å²) in [5, 5.41) is 4.22. The van der Waals surface area contributed by atoms with Crippen molar-refractivity contribution >= 4 is 33.0 Å². The predicted molar refractivity (Wildman–Crippen MR) is 108 cm³/mol. The number of rotatable bonds is 7. The molecule has 0 N–H and O–H groups in total. The van der Waals surface area contributed by atoms with Crippen LogP contribution >= 0.6 is 11.8 Å². The minimum Gasteiger partial charge on any atom is -0.260 e. The molecule has 0 aliphatic rings. The summed E-state index contributed by atoms with van der Waals surface area (Å²) in [6, 6.07) is 19.3. The summed E-state index contributed by atoms with van der Waals surface area (Å²) in [5.41, 5.74) is 1.93. The van der Waals surface area contributed by atoms with Crippen LogP contribution in [0.3, 0.4) is 0 Å². The minimum atomic E-state index is -3.37. The highest BCUT2D eigenvalue weighted by molar-refractivity contribution is 7.98. The maximum absolute atomic E-state index is 11.7. The Kier molecular flexibility index (Phi) is 5.88. The van der Waals surface area contributed by atoms with Gasteiger partial charge < -0.3 is 0 Å². The molecule has 27 heavy (non-hydrogen) atoms. The van der Waals surface area contributed by atoms with Gasteiger partial charge in [0.2, 0.25) is 0 Å². The van der Waals surface area contributed by atoms with Crippen LogP contribution in [0.4, 0.5) is 11.4 Å². The molecule has 3 aromatic rings. The molecule has 0 spiro atoms. The summed E-state index contributed by atoms with van der Waals surface area (Å²) in [6.07, 6.45) is 2.88. The molecule has 0 aliphatic carbocycles. The number of sulfone groups is 1. The maximum Gasteiger partial charge on any atom is 0.175 e. The first-order valence-electron chi connectivity index (χ1n) is 8.04. The molecule has 0 aliphatic heterocycles. The number of aromatic nitrogens is 1. The Hall–Kier alpha value is -2.71. The van der Waals surface area contributed by atoms with Gasteiger partial charge >= 0.3 is 0 Å². The Bertz CT molecular complexity index is 1020. The van der Waals surface area contributed by atoms with Crippen molar-refractivity contribution in [2.24, 2.45) is 5.29 Å². The van der Waals surface area contributed by atoms with Crippen molar-refractivity contribution in [1.82, 2.24) is 4.98 Å². The van der Waals surface area contributed by atoms with Gasteiger partial charge in [0.05, 0.1) is 27.3 Å². The molecule has 1 aromatic heterocycles. The van der Waals surface area contributed by atoms with Crippen LogP contribution in [0.5, 0.6) is 0 Å². The van der Waals surface area contributed by atoms with Crippen LogP contribution in [0.2, 0.25) is 0 Å². The van der Waals surface area contributed by atoms with Crippen molar-refractivity contribution in [3.8, 4) is 0 Å². The lowest BCUT2D eigenvalue weighted by atomic mass is 10.2. The number of anilines is 2.